The molecule has 0 amide bonds. The number of nitrogens with one attached hydrogen (secondary N) is 1. The fourth-order valence-corrected chi connectivity index (χ4v) is 4.50. The lowest BCUT2D eigenvalue weighted by atomic mass is 9.68. The highest BCUT2D eigenvalue weighted by Gasteiger charge is 2.53. The smallest absolute Gasteiger partial charge is 0.185 e. The number of H-pyrrole nitrogens is 1. The van der Waals surface area contributed by atoms with Crippen LogP contribution >= 0.6 is 0 Å². The summed E-state index contributed by atoms with van der Waals surface area (Å²) in [6.07, 6.45) is 1.26. The van der Waals surface area contributed by atoms with E-state index in [1.54, 1.807) is 7.11 Å². The van der Waals surface area contributed by atoms with Crippen molar-refractivity contribution >= 4 is 16.7 Å². The van der Waals surface area contributed by atoms with Gasteiger partial charge >= 0.3 is 0 Å². The van der Waals surface area contributed by atoms with Crippen molar-refractivity contribution in [3.05, 3.63) is 35.5 Å². The largest absolute Gasteiger partial charge is 0.388 e. The lowest BCUT2D eigenvalue weighted by molar-refractivity contribution is -0.0935. The van der Waals surface area contributed by atoms with Crippen molar-refractivity contribution in [3.8, 4) is 0 Å². The van der Waals surface area contributed by atoms with Gasteiger partial charge in [-0.15, -0.1) is 0 Å². The average Bonchev–Trinajstić information content (AvgIpc) is 2.99. The summed E-state index contributed by atoms with van der Waals surface area (Å²) in [6.45, 7) is 3.85. The molecule has 2 bridgehead atoms. The van der Waals surface area contributed by atoms with Crippen molar-refractivity contribution in [1.82, 2.24) is 9.88 Å². The number of ether oxygens (including phenoxy) is 1. The molecular weight excluding hydrogens is 304 g/mol. The molecule has 2 heterocycles. The number of likely N-dealkylation sites (tertiary alicyclic amines) is 1. The van der Waals surface area contributed by atoms with Crippen LogP contribution in [0.1, 0.15) is 41.9 Å². The van der Waals surface area contributed by atoms with Crippen molar-refractivity contribution < 1.29 is 14.6 Å². The summed E-state index contributed by atoms with van der Waals surface area (Å²) < 4.78 is 5.26. The van der Waals surface area contributed by atoms with Gasteiger partial charge in [0.2, 0.25) is 0 Å². The molecule has 1 aliphatic heterocycles. The van der Waals surface area contributed by atoms with E-state index < -0.39 is 5.60 Å². The standard InChI is InChI=1S/C19H24N2O3/c1-3-19(23)11-21(8-9-24-2)15-10-13(19)18(22)17-16(15)12-6-4-5-7-14(12)20-17/h4-7,13,15,20,23H,3,8-11H2,1-2H3/t13-,15-,19?/m1/s1. The maximum atomic E-state index is 13.1. The van der Waals surface area contributed by atoms with Crippen molar-refractivity contribution in [2.45, 2.75) is 31.4 Å². The highest BCUT2D eigenvalue weighted by Crippen LogP contribution is 2.49. The molecule has 1 aliphatic carbocycles. The van der Waals surface area contributed by atoms with Gasteiger partial charge in [0.25, 0.3) is 0 Å². The van der Waals surface area contributed by atoms with Crippen LogP contribution < -0.4 is 0 Å². The molecule has 1 fully saturated rings. The quantitative estimate of drug-likeness (QED) is 0.905. The fraction of sp³-hybridized carbons (Fsp3) is 0.526. The first-order chi connectivity index (χ1) is 11.6. The Bertz CT molecular complexity index is 784. The van der Waals surface area contributed by atoms with E-state index in [1.807, 2.05) is 25.1 Å². The number of hydrogen-bond acceptors (Lipinski definition) is 4. The first-order valence-corrected chi connectivity index (χ1v) is 8.69. The third-order valence-corrected chi connectivity index (χ3v) is 5.86. The van der Waals surface area contributed by atoms with E-state index in [4.69, 9.17) is 4.74 Å². The molecule has 24 heavy (non-hydrogen) atoms. The predicted molar refractivity (Wildman–Crippen MR) is 92.2 cm³/mol. The van der Waals surface area contributed by atoms with Crippen molar-refractivity contribution in [3.63, 3.8) is 0 Å². The molecule has 1 aromatic carbocycles. The van der Waals surface area contributed by atoms with Gasteiger partial charge in [0.1, 0.15) is 0 Å². The molecule has 1 aromatic heterocycles. The second-order valence-corrected chi connectivity index (χ2v) is 7.05. The monoisotopic (exact) mass is 328 g/mol. The molecule has 1 unspecified atom stereocenters. The summed E-state index contributed by atoms with van der Waals surface area (Å²) >= 11 is 0. The Morgan fingerprint density at radius 2 is 2.21 bits per heavy atom. The van der Waals surface area contributed by atoms with Gasteiger partial charge in [-0.1, -0.05) is 25.1 Å². The molecule has 0 radical (unpaired) electrons. The minimum atomic E-state index is -0.962. The molecule has 5 heteroatoms. The molecule has 2 N–H and O–H groups in total. The lowest BCUT2D eigenvalue weighted by Gasteiger charge is -2.50. The zero-order chi connectivity index (χ0) is 16.9. The number of carbonyl (C=O) groups is 1. The van der Waals surface area contributed by atoms with Crippen LogP contribution in [-0.4, -0.2) is 53.2 Å². The number of ketones is 1. The number of benzene rings is 1. The SMILES string of the molecule is CCC1(O)CN(CCOC)[C@@H]2C[C@@H]1C(=O)c1[nH]c3ccccc3c12. The Hall–Kier alpha value is -1.69. The summed E-state index contributed by atoms with van der Waals surface area (Å²) in [4.78, 5) is 18.7. The van der Waals surface area contributed by atoms with Gasteiger partial charge in [-0.3, -0.25) is 9.69 Å². The van der Waals surface area contributed by atoms with Crippen molar-refractivity contribution in [2.24, 2.45) is 5.92 Å². The molecule has 0 saturated carbocycles. The van der Waals surface area contributed by atoms with Gasteiger partial charge in [0.15, 0.2) is 5.78 Å². The molecule has 3 atom stereocenters. The van der Waals surface area contributed by atoms with Crippen LogP contribution in [-0.2, 0) is 4.74 Å². The highest BCUT2D eigenvalue weighted by molar-refractivity contribution is 6.05. The maximum absolute atomic E-state index is 13.1. The van der Waals surface area contributed by atoms with E-state index >= 15 is 0 Å². The summed E-state index contributed by atoms with van der Waals surface area (Å²) in [5.74, 6) is -0.264. The second kappa shape index (κ2) is 5.69. The van der Waals surface area contributed by atoms with E-state index in [0.29, 0.717) is 31.7 Å². The first-order valence-electron chi connectivity index (χ1n) is 8.69. The maximum Gasteiger partial charge on any atom is 0.185 e. The average molecular weight is 328 g/mol. The van der Waals surface area contributed by atoms with Crippen molar-refractivity contribution in [1.29, 1.82) is 0 Å². The zero-order valence-corrected chi connectivity index (χ0v) is 14.2. The van der Waals surface area contributed by atoms with Crippen LogP contribution in [0.4, 0.5) is 0 Å². The van der Waals surface area contributed by atoms with Crippen LogP contribution in [0, 0.1) is 5.92 Å². The molecule has 1 saturated heterocycles. The Labute approximate surface area is 141 Å². The minimum absolute atomic E-state index is 0.0631. The zero-order valence-electron chi connectivity index (χ0n) is 14.2. The lowest BCUT2D eigenvalue weighted by Crippen LogP contribution is -2.59. The number of aromatic nitrogens is 1. The van der Waals surface area contributed by atoms with Gasteiger partial charge in [-0.25, -0.2) is 0 Å². The van der Waals surface area contributed by atoms with Crippen LogP contribution in [0.5, 0.6) is 0 Å². The topological polar surface area (TPSA) is 65.6 Å². The molecular formula is C19H24N2O3. The van der Waals surface area contributed by atoms with E-state index in [2.05, 4.69) is 16.0 Å². The number of fused-ring (bicyclic) bond motifs is 6. The molecule has 5 nitrogen and oxygen atoms in total. The number of carbonyl (C=O) groups excluding carboxylic acids is 1. The molecule has 0 spiro atoms. The van der Waals surface area contributed by atoms with Gasteiger partial charge < -0.3 is 14.8 Å². The van der Waals surface area contributed by atoms with Crippen LogP contribution in [0.25, 0.3) is 10.9 Å². The normalized spacial score (nSPS) is 29.9. The van der Waals surface area contributed by atoms with E-state index in [-0.39, 0.29) is 17.7 Å². The number of hydrogen-bond donors (Lipinski definition) is 2. The number of nitrogens with zero attached hydrogens (tertiary/aromatic N) is 1. The second-order valence-electron chi connectivity index (χ2n) is 7.05. The van der Waals surface area contributed by atoms with Gasteiger partial charge in [0.05, 0.1) is 23.8 Å². The van der Waals surface area contributed by atoms with E-state index in [9.17, 15) is 9.90 Å². The van der Waals surface area contributed by atoms with Crippen LogP contribution in [0.2, 0.25) is 0 Å². The van der Waals surface area contributed by atoms with Crippen molar-refractivity contribution in [2.75, 3.05) is 26.8 Å². The Morgan fingerprint density at radius 1 is 1.42 bits per heavy atom. The molecule has 2 aliphatic rings. The molecule has 128 valence electrons. The number of aliphatic hydroxyl groups is 1. The van der Waals surface area contributed by atoms with Gasteiger partial charge in [-0.05, 0) is 18.9 Å². The summed E-state index contributed by atoms with van der Waals surface area (Å²) in [7, 11) is 1.69. The Morgan fingerprint density at radius 3 is 2.96 bits per heavy atom. The molecule has 4 rings (SSSR count). The van der Waals surface area contributed by atoms with Crippen LogP contribution in [0.3, 0.4) is 0 Å². The van der Waals surface area contributed by atoms with Gasteiger partial charge in [-0.2, -0.15) is 0 Å². The Kier molecular flexibility index (Phi) is 3.75. The van der Waals surface area contributed by atoms with Crippen LogP contribution in [0.15, 0.2) is 24.3 Å². The first kappa shape index (κ1) is 15.8. The van der Waals surface area contributed by atoms with E-state index in [0.717, 1.165) is 23.0 Å². The van der Waals surface area contributed by atoms with Gasteiger partial charge in [0, 0.05) is 42.7 Å². The Balaban J connectivity index is 1.87. The number of piperidine rings is 1. The summed E-state index contributed by atoms with van der Waals surface area (Å²) in [5, 5.41) is 12.2. The van der Waals surface area contributed by atoms with E-state index in [1.165, 1.54) is 0 Å². The molecule has 2 aromatic rings. The highest BCUT2D eigenvalue weighted by atomic mass is 16.5. The predicted octanol–water partition coefficient (Wildman–Crippen LogP) is 2.51. The number of β-amino-alcohol motifs (C(OH)–C–C–N with tert-alkyl or cyclic N) is 1. The number of aromatic amines is 1. The summed E-state index contributed by atoms with van der Waals surface area (Å²) in [6, 6.07) is 8.23. The number of Topliss-reactive ketones (excluding diaryl/α,β-unsaturated/α-hetero) is 1. The summed E-state index contributed by atoms with van der Waals surface area (Å²) in [5.41, 5.74) is 1.82. The number of para-hydroxylation sites is 1. The number of rotatable bonds is 4. The minimum Gasteiger partial charge on any atom is -0.388 e. The third kappa shape index (κ3) is 2.15. The fourth-order valence-electron chi connectivity index (χ4n) is 4.50. The number of methoxy groups -OCH3 is 1. The third-order valence-electron chi connectivity index (χ3n) is 5.86.